The number of ether oxygens (including phenoxy) is 3. The zero-order chi connectivity index (χ0) is 22.2. The van der Waals surface area contributed by atoms with Gasteiger partial charge in [-0.05, 0) is 50.3 Å². The molecule has 1 saturated carbocycles. The molecular weight excluding hydrogens is 397 g/mol. The molecule has 0 amide bonds. The Balaban J connectivity index is 1.71. The second-order valence-corrected chi connectivity index (χ2v) is 8.82. The first-order valence-electron chi connectivity index (χ1n) is 10.2. The van der Waals surface area contributed by atoms with Crippen LogP contribution in [0, 0.1) is 11.3 Å². The van der Waals surface area contributed by atoms with Gasteiger partial charge in [0.1, 0.15) is 6.10 Å². The third-order valence-corrected chi connectivity index (χ3v) is 6.52. The van der Waals surface area contributed by atoms with Gasteiger partial charge in [-0.3, -0.25) is 0 Å². The van der Waals surface area contributed by atoms with E-state index in [4.69, 9.17) is 14.2 Å². The summed E-state index contributed by atoms with van der Waals surface area (Å²) in [6, 6.07) is 4.39. The Morgan fingerprint density at radius 2 is 1.93 bits per heavy atom. The van der Waals surface area contributed by atoms with Crippen molar-refractivity contribution >= 4 is 5.97 Å². The van der Waals surface area contributed by atoms with E-state index in [0.717, 1.165) is 18.6 Å². The van der Waals surface area contributed by atoms with E-state index in [1.54, 1.807) is 0 Å². The summed E-state index contributed by atoms with van der Waals surface area (Å²) in [4.78, 5) is 12.8. The minimum Gasteiger partial charge on any atom is -0.460 e. The molecule has 1 aliphatic carbocycles. The van der Waals surface area contributed by atoms with E-state index in [9.17, 15) is 18.0 Å². The number of alkyl halides is 3. The quantitative estimate of drug-likeness (QED) is 0.447. The van der Waals surface area contributed by atoms with Crippen LogP contribution >= 0.6 is 0 Å². The van der Waals surface area contributed by atoms with E-state index in [0.29, 0.717) is 30.9 Å². The number of allylic oxidation sites excluding steroid dienone is 2. The molecule has 0 spiro atoms. The summed E-state index contributed by atoms with van der Waals surface area (Å²) in [6.45, 7) is 6.84. The highest BCUT2D eigenvalue weighted by molar-refractivity contribution is 5.76. The molecule has 3 rings (SSSR count). The maximum absolute atomic E-state index is 12.8. The molecule has 2 fully saturated rings. The van der Waals surface area contributed by atoms with Crippen molar-refractivity contribution in [2.75, 3.05) is 13.7 Å². The van der Waals surface area contributed by atoms with Crippen molar-refractivity contribution in [2.24, 2.45) is 11.3 Å². The number of esters is 1. The van der Waals surface area contributed by atoms with Gasteiger partial charge in [-0.2, -0.15) is 13.2 Å². The molecule has 0 radical (unpaired) electrons. The lowest BCUT2D eigenvalue weighted by molar-refractivity contribution is -0.169. The SMILES string of the molecule is C/C=C/C[C@@H]1[C@@]2(C)CO[C@]1(C)CC(OC(=O)[C@H](OC)c1ccc(C(F)(F)F)cc1)C2. The summed E-state index contributed by atoms with van der Waals surface area (Å²) in [5.41, 5.74) is -0.930. The van der Waals surface area contributed by atoms with E-state index in [2.05, 4.69) is 19.9 Å². The highest BCUT2D eigenvalue weighted by Crippen LogP contribution is 2.56. The maximum atomic E-state index is 12.8. The number of fused-ring (bicyclic) bond motifs is 2. The van der Waals surface area contributed by atoms with Crippen molar-refractivity contribution in [3.8, 4) is 0 Å². The molecule has 0 aromatic heterocycles. The van der Waals surface area contributed by atoms with Gasteiger partial charge < -0.3 is 14.2 Å². The van der Waals surface area contributed by atoms with Gasteiger partial charge in [0.05, 0.1) is 17.8 Å². The van der Waals surface area contributed by atoms with Gasteiger partial charge in [-0.1, -0.05) is 31.2 Å². The van der Waals surface area contributed by atoms with Gasteiger partial charge in [0.2, 0.25) is 0 Å². The predicted octanol–water partition coefficient (Wildman–Crippen LogP) is 5.48. The maximum Gasteiger partial charge on any atom is 0.416 e. The Labute approximate surface area is 175 Å². The van der Waals surface area contributed by atoms with Crippen LogP contribution in [0.25, 0.3) is 0 Å². The number of methoxy groups -OCH3 is 1. The van der Waals surface area contributed by atoms with Crippen LogP contribution in [0.2, 0.25) is 0 Å². The fraction of sp³-hybridized carbons (Fsp3) is 0.609. The number of rotatable bonds is 6. The van der Waals surface area contributed by atoms with Crippen LogP contribution in [0.3, 0.4) is 0 Å². The second kappa shape index (κ2) is 8.35. The number of hydrogen-bond donors (Lipinski definition) is 0. The molecule has 7 heteroatoms. The minimum absolute atomic E-state index is 0.103. The van der Waals surface area contributed by atoms with Crippen molar-refractivity contribution < 1.29 is 32.2 Å². The van der Waals surface area contributed by atoms with Gasteiger partial charge in [0, 0.05) is 18.9 Å². The van der Waals surface area contributed by atoms with Gasteiger partial charge in [0.15, 0.2) is 6.10 Å². The Morgan fingerprint density at radius 3 is 2.47 bits per heavy atom. The third-order valence-electron chi connectivity index (χ3n) is 6.52. The van der Waals surface area contributed by atoms with Crippen molar-refractivity contribution in [1.82, 2.24) is 0 Å². The van der Waals surface area contributed by atoms with Crippen molar-refractivity contribution in [1.29, 1.82) is 0 Å². The lowest BCUT2D eigenvalue weighted by Gasteiger charge is -2.45. The zero-order valence-corrected chi connectivity index (χ0v) is 17.8. The van der Waals surface area contributed by atoms with E-state index in [-0.39, 0.29) is 17.1 Å². The molecule has 1 heterocycles. The molecule has 0 N–H and O–H groups in total. The van der Waals surface area contributed by atoms with Crippen LogP contribution in [-0.2, 0) is 25.2 Å². The molecular formula is C23H29F3O4. The van der Waals surface area contributed by atoms with E-state index in [1.165, 1.54) is 19.2 Å². The molecule has 1 saturated heterocycles. The highest BCUT2D eigenvalue weighted by Gasteiger charge is 2.58. The topological polar surface area (TPSA) is 44.8 Å². The average molecular weight is 426 g/mol. The van der Waals surface area contributed by atoms with Crippen LogP contribution < -0.4 is 0 Å². The van der Waals surface area contributed by atoms with E-state index >= 15 is 0 Å². The van der Waals surface area contributed by atoms with E-state index in [1.807, 2.05) is 13.0 Å². The fourth-order valence-electron chi connectivity index (χ4n) is 5.05. The summed E-state index contributed by atoms with van der Waals surface area (Å²) in [7, 11) is 1.34. The number of hydrogen-bond acceptors (Lipinski definition) is 4. The van der Waals surface area contributed by atoms with Crippen molar-refractivity contribution in [2.45, 2.75) is 64.0 Å². The average Bonchev–Trinajstić information content (AvgIpc) is 2.81. The van der Waals surface area contributed by atoms with Crippen molar-refractivity contribution in [3.63, 3.8) is 0 Å². The van der Waals surface area contributed by atoms with Gasteiger partial charge in [-0.25, -0.2) is 4.79 Å². The summed E-state index contributed by atoms with van der Waals surface area (Å²) < 4.78 is 55.6. The number of carbonyl (C=O) groups is 1. The minimum atomic E-state index is -4.43. The lowest BCUT2D eigenvalue weighted by atomic mass is 9.61. The molecule has 2 bridgehead atoms. The Kier molecular flexibility index (Phi) is 6.35. The molecule has 30 heavy (non-hydrogen) atoms. The van der Waals surface area contributed by atoms with Gasteiger partial charge in [0.25, 0.3) is 0 Å². The Hall–Kier alpha value is -1.86. The van der Waals surface area contributed by atoms with Crippen LogP contribution in [0.4, 0.5) is 13.2 Å². The van der Waals surface area contributed by atoms with Crippen LogP contribution in [0.5, 0.6) is 0 Å². The molecule has 2 aliphatic rings. The number of halogens is 3. The molecule has 4 nitrogen and oxygen atoms in total. The zero-order valence-electron chi connectivity index (χ0n) is 17.8. The largest absolute Gasteiger partial charge is 0.460 e. The molecule has 166 valence electrons. The van der Waals surface area contributed by atoms with Gasteiger partial charge in [-0.15, -0.1) is 0 Å². The third kappa shape index (κ3) is 4.42. The first-order chi connectivity index (χ1) is 14.0. The van der Waals surface area contributed by atoms with Crippen LogP contribution in [0.1, 0.15) is 57.3 Å². The first kappa shape index (κ1) is 22.8. The molecule has 5 atom stereocenters. The summed E-state index contributed by atoms with van der Waals surface area (Å²) in [5.74, 6) is -0.259. The second-order valence-electron chi connectivity index (χ2n) is 8.82. The van der Waals surface area contributed by atoms with Crippen molar-refractivity contribution in [3.05, 3.63) is 47.5 Å². The monoisotopic (exact) mass is 426 g/mol. The summed E-state index contributed by atoms with van der Waals surface area (Å²) in [6.07, 6.45) is 0.517. The van der Waals surface area contributed by atoms with Crippen LogP contribution in [0.15, 0.2) is 36.4 Å². The van der Waals surface area contributed by atoms with E-state index < -0.39 is 23.8 Å². The molecule has 1 unspecified atom stereocenters. The summed E-state index contributed by atoms with van der Waals surface area (Å²) >= 11 is 0. The predicted molar refractivity (Wildman–Crippen MR) is 106 cm³/mol. The summed E-state index contributed by atoms with van der Waals surface area (Å²) in [5, 5.41) is 0. The fourth-order valence-corrected chi connectivity index (χ4v) is 5.05. The lowest BCUT2D eigenvalue weighted by Crippen LogP contribution is -2.48. The number of carbonyl (C=O) groups excluding carboxylic acids is 1. The number of benzene rings is 1. The Bertz CT molecular complexity index is 769. The van der Waals surface area contributed by atoms with Crippen LogP contribution in [-0.4, -0.2) is 31.4 Å². The standard InChI is InChI=1S/C23H29F3O4/c1-5-6-7-18-21(2)12-17(13-22(18,3)29-14-21)30-20(27)19(28-4)15-8-10-16(11-9-15)23(24,25)26/h5-6,8-11,17-19H,7,12-14H2,1-4H3/b6-5+/t17?,18-,19-,21-,22-/m1/s1. The first-order valence-corrected chi connectivity index (χ1v) is 10.2. The smallest absolute Gasteiger partial charge is 0.416 e. The molecule has 1 aromatic rings. The Morgan fingerprint density at radius 1 is 1.27 bits per heavy atom. The highest BCUT2D eigenvalue weighted by atomic mass is 19.4. The molecule has 1 aromatic carbocycles. The molecule has 1 aliphatic heterocycles. The van der Waals surface area contributed by atoms with Gasteiger partial charge >= 0.3 is 12.1 Å². The normalized spacial score (nSPS) is 32.4.